The Bertz CT molecular complexity index is 666. The minimum Gasteiger partial charge on any atom is -0.387 e. The van der Waals surface area contributed by atoms with E-state index in [4.69, 9.17) is 22.1 Å². The number of thiol groups is 1. The molecule has 0 bridgehead atoms. The Labute approximate surface area is 131 Å². The molecule has 0 saturated carbocycles. The van der Waals surface area contributed by atoms with Crippen LogP contribution in [0.25, 0.3) is 11.2 Å². The molecular weight excluding hydrogens is 314 g/mol. The van der Waals surface area contributed by atoms with Gasteiger partial charge < -0.3 is 15.6 Å². The normalized spacial score (nSPS) is 29.3. The van der Waals surface area contributed by atoms with Gasteiger partial charge in [0.2, 0.25) is 5.28 Å². The summed E-state index contributed by atoms with van der Waals surface area (Å²) in [6.07, 6.45) is 1.80. The minimum atomic E-state index is -0.766. The van der Waals surface area contributed by atoms with Gasteiger partial charge in [-0.3, -0.25) is 4.57 Å². The maximum atomic E-state index is 10.4. The molecular formula is C12H16ClN5O2S. The van der Waals surface area contributed by atoms with Gasteiger partial charge in [-0.05, 0) is 18.0 Å². The first-order valence-electron chi connectivity index (χ1n) is 6.70. The van der Waals surface area contributed by atoms with Crippen LogP contribution in [0.15, 0.2) is 6.33 Å². The SMILES string of the molecule is CCC[C@H]1O[C@@H](n2cnc3c(N)nc(Cl)nc32)[C@H](O)[C@@H]1S. The Balaban J connectivity index is 2.01. The highest BCUT2D eigenvalue weighted by molar-refractivity contribution is 7.81. The number of ether oxygens (including phenoxy) is 1. The summed E-state index contributed by atoms with van der Waals surface area (Å²) in [7, 11) is 0. The minimum absolute atomic E-state index is 0.0294. The van der Waals surface area contributed by atoms with Crippen LogP contribution in [0.1, 0.15) is 26.0 Å². The highest BCUT2D eigenvalue weighted by Crippen LogP contribution is 2.36. The molecule has 0 unspecified atom stereocenters. The number of halogens is 1. The smallest absolute Gasteiger partial charge is 0.226 e. The van der Waals surface area contributed by atoms with E-state index >= 15 is 0 Å². The number of aliphatic hydroxyl groups is 1. The number of fused-ring (bicyclic) bond motifs is 1. The van der Waals surface area contributed by atoms with Gasteiger partial charge in [0.15, 0.2) is 17.7 Å². The zero-order valence-corrected chi connectivity index (χ0v) is 13.0. The molecule has 1 saturated heterocycles. The van der Waals surface area contributed by atoms with Crippen molar-refractivity contribution < 1.29 is 9.84 Å². The van der Waals surface area contributed by atoms with Crippen LogP contribution in [0, 0.1) is 0 Å². The number of hydrogen-bond acceptors (Lipinski definition) is 7. The quantitative estimate of drug-likeness (QED) is 0.582. The number of imidazole rings is 1. The standard InChI is InChI=1S/C12H16ClN5O2S/c1-2-3-5-8(21)7(19)11(20-5)18-4-15-6-9(14)16-12(13)17-10(6)18/h4-5,7-8,11,19,21H,2-3H2,1H3,(H2,14,16,17)/t5-,7-,8-,11-/m1/s1. The fourth-order valence-corrected chi connectivity index (χ4v) is 3.12. The number of aromatic nitrogens is 4. The summed E-state index contributed by atoms with van der Waals surface area (Å²) in [5.74, 6) is 0.198. The fourth-order valence-electron chi connectivity index (χ4n) is 2.58. The molecule has 1 aliphatic rings. The van der Waals surface area contributed by atoms with E-state index in [0.29, 0.717) is 11.2 Å². The second kappa shape index (κ2) is 5.60. The molecule has 2 aromatic rings. The first-order chi connectivity index (χ1) is 10.0. The van der Waals surface area contributed by atoms with Crippen LogP contribution in [-0.4, -0.2) is 42.1 Å². The molecule has 4 atom stereocenters. The number of rotatable bonds is 3. The van der Waals surface area contributed by atoms with Crippen LogP contribution in [0.4, 0.5) is 5.82 Å². The van der Waals surface area contributed by atoms with Gasteiger partial charge >= 0.3 is 0 Å². The van der Waals surface area contributed by atoms with E-state index in [1.807, 2.05) is 0 Å². The van der Waals surface area contributed by atoms with Crippen molar-refractivity contribution in [2.24, 2.45) is 0 Å². The van der Waals surface area contributed by atoms with Gasteiger partial charge in [0.25, 0.3) is 0 Å². The van der Waals surface area contributed by atoms with Gasteiger partial charge in [0.05, 0.1) is 17.7 Å². The van der Waals surface area contributed by atoms with Crippen molar-refractivity contribution in [3.05, 3.63) is 11.6 Å². The third-order valence-corrected chi connectivity index (χ3v) is 4.41. The van der Waals surface area contributed by atoms with E-state index in [9.17, 15) is 5.11 Å². The Morgan fingerprint density at radius 2 is 2.29 bits per heavy atom. The van der Waals surface area contributed by atoms with Crippen molar-refractivity contribution in [2.45, 2.75) is 43.5 Å². The second-order valence-electron chi connectivity index (χ2n) is 5.04. The van der Waals surface area contributed by atoms with Gasteiger partial charge in [-0.1, -0.05) is 13.3 Å². The lowest BCUT2D eigenvalue weighted by molar-refractivity contribution is -0.0368. The molecule has 0 aromatic carbocycles. The van der Waals surface area contributed by atoms with Crippen LogP contribution >= 0.6 is 24.2 Å². The maximum Gasteiger partial charge on any atom is 0.226 e. The molecule has 1 fully saturated rings. The number of anilines is 1. The number of nitrogens with two attached hydrogens (primary N) is 1. The predicted octanol–water partition coefficient (Wildman–Crippen LogP) is 1.42. The molecule has 21 heavy (non-hydrogen) atoms. The summed E-state index contributed by atoms with van der Waals surface area (Å²) in [4.78, 5) is 12.2. The van der Waals surface area contributed by atoms with E-state index in [1.54, 1.807) is 4.57 Å². The lowest BCUT2D eigenvalue weighted by atomic mass is 10.1. The van der Waals surface area contributed by atoms with Gasteiger partial charge in [-0.25, -0.2) is 4.98 Å². The number of nitrogen functional groups attached to an aromatic ring is 1. The van der Waals surface area contributed by atoms with E-state index in [0.717, 1.165) is 12.8 Å². The fraction of sp³-hybridized carbons (Fsp3) is 0.583. The van der Waals surface area contributed by atoms with Crippen molar-refractivity contribution >= 4 is 41.2 Å². The first-order valence-corrected chi connectivity index (χ1v) is 7.59. The Hall–Kier alpha value is -1.09. The maximum absolute atomic E-state index is 10.4. The topological polar surface area (TPSA) is 99.1 Å². The Kier molecular flexibility index (Phi) is 3.96. The van der Waals surface area contributed by atoms with Crippen LogP contribution in [0.2, 0.25) is 5.28 Å². The molecule has 2 aromatic heterocycles. The van der Waals surface area contributed by atoms with Crippen LogP contribution in [0.3, 0.4) is 0 Å². The lowest BCUT2D eigenvalue weighted by Gasteiger charge is -2.16. The molecule has 0 amide bonds. The van der Waals surface area contributed by atoms with E-state index in [2.05, 4.69) is 34.5 Å². The average molecular weight is 330 g/mol. The van der Waals surface area contributed by atoms with E-state index in [-0.39, 0.29) is 22.5 Å². The number of aliphatic hydroxyl groups excluding tert-OH is 1. The van der Waals surface area contributed by atoms with Crippen molar-refractivity contribution in [1.29, 1.82) is 0 Å². The van der Waals surface area contributed by atoms with Crippen LogP contribution < -0.4 is 5.73 Å². The zero-order chi connectivity index (χ0) is 15.1. The van der Waals surface area contributed by atoms with Gasteiger partial charge in [-0.2, -0.15) is 22.6 Å². The molecule has 0 radical (unpaired) electrons. The largest absolute Gasteiger partial charge is 0.387 e. The molecule has 1 aliphatic heterocycles. The molecule has 0 aliphatic carbocycles. The Morgan fingerprint density at radius 3 is 3.00 bits per heavy atom. The monoisotopic (exact) mass is 329 g/mol. The third kappa shape index (κ3) is 2.46. The average Bonchev–Trinajstić information content (AvgIpc) is 2.96. The molecule has 9 heteroatoms. The molecule has 114 valence electrons. The van der Waals surface area contributed by atoms with Crippen molar-refractivity contribution in [3.8, 4) is 0 Å². The summed E-state index contributed by atoms with van der Waals surface area (Å²) in [6.45, 7) is 2.06. The number of nitrogens with zero attached hydrogens (tertiary/aromatic N) is 4. The van der Waals surface area contributed by atoms with Crippen LogP contribution in [0.5, 0.6) is 0 Å². The molecule has 3 heterocycles. The highest BCUT2D eigenvalue weighted by Gasteiger charge is 2.42. The molecule has 3 N–H and O–H groups in total. The Morgan fingerprint density at radius 1 is 1.52 bits per heavy atom. The summed E-state index contributed by atoms with van der Waals surface area (Å²) in [6, 6.07) is 0. The third-order valence-electron chi connectivity index (χ3n) is 3.61. The molecule has 0 spiro atoms. The predicted molar refractivity (Wildman–Crippen MR) is 82.3 cm³/mol. The van der Waals surface area contributed by atoms with E-state index in [1.165, 1.54) is 6.33 Å². The first kappa shape index (κ1) is 14.8. The highest BCUT2D eigenvalue weighted by atomic mass is 35.5. The lowest BCUT2D eigenvalue weighted by Crippen LogP contribution is -2.27. The number of hydrogen-bond donors (Lipinski definition) is 3. The van der Waals surface area contributed by atoms with Crippen molar-refractivity contribution in [1.82, 2.24) is 19.5 Å². The van der Waals surface area contributed by atoms with Crippen molar-refractivity contribution in [3.63, 3.8) is 0 Å². The van der Waals surface area contributed by atoms with Gasteiger partial charge in [0, 0.05) is 0 Å². The van der Waals surface area contributed by atoms with E-state index < -0.39 is 12.3 Å². The second-order valence-corrected chi connectivity index (χ2v) is 5.97. The summed E-state index contributed by atoms with van der Waals surface area (Å²) in [5, 5.41) is 10.1. The van der Waals surface area contributed by atoms with Crippen LogP contribution in [-0.2, 0) is 4.74 Å². The molecule has 7 nitrogen and oxygen atoms in total. The molecule has 3 rings (SSSR count). The van der Waals surface area contributed by atoms with Gasteiger partial charge in [0.1, 0.15) is 11.6 Å². The summed E-state index contributed by atoms with van der Waals surface area (Å²) >= 11 is 10.3. The van der Waals surface area contributed by atoms with Gasteiger partial charge in [-0.15, -0.1) is 0 Å². The summed E-state index contributed by atoms with van der Waals surface area (Å²) < 4.78 is 7.54. The van der Waals surface area contributed by atoms with Crippen molar-refractivity contribution in [2.75, 3.05) is 5.73 Å². The summed E-state index contributed by atoms with van der Waals surface area (Å²) in [5.41, 5.74) is 6.65. The zero-order valence-electron chi connectivity index (χ0n) is 11.3.